The number of aliphatic hydroxyl groups is 1. The number of alkyl halides is 3. The first-order chi connectivity index (χ1) is 13.0. The van der Waals surface area contributed by atoms with Crippen molar-refractivity contribution in [3.63, 3.8) is 0 Å². The number of methoxy groups -OCH3 is 1. The fourth-order valence-electron chi connectivity index (χ4n) is 4.56. The van der Waals surface area contributed by atoms with Crippen LogP contribution in [0.3, 0.4) is 0 Å². The number of hydrogen-bond acceptors (Lipinski definition) is 3. The highest BCUT2D eigenvalue weighted by Gasteiger charge is 2.52. The van der Waals surface area contributed by atoms with Gasteiger partial charge in [0.1, 0.15) is 0 Å². The summed E-state index contributed by atoms with van der Waals surface area (Å²) in [5.74, 6) is 0.164. The Morgan fingerprint density at radius 3 is 2.11 bits per heavy atom. The van der Waals surface area contributed by atoms with Crippen LogP contribution in [0.25, 0.3) is 0 Å². The Morgan fingerprint density at radius 1 is 1.07 bits per heavy atom. The fraction of sp³-hybridized carbons (Fsp3) is 0.667. The number of ether oxygens (including phenoxy) is 1. The first kappa shape index (κ1) is 21.1. The molecule has 0 radical (unpaired) electrons. The number of hydrogen-bond donors (Lipinski definition) is 1. The van der Waals surface area contributed by atoms with E-state index in [-0.39, 0.29) is 17.4 Å². The van der Waals surface area contributed by atoms with Crippen molar-refractivity contribution in [2.75, 3.05) is 18.6 Å². The van der Waals surface area contributed by atoms with Gasteiger partial charge in [-0.3, -0.25) is 4.79 Å². The van der Waals surface area contributed by atoms with E-state index in [0.29, 0.717) is 44.3 Å². The molecule has 1 amide bonds. The van der Waals surface area contributed by atoms with E-state index in [1.165, 1.54) is 12.1 Å². The molecule has 1 spiro atoms. The SMILES string of the molecule is CO[C@H](c1ccc(N2CCC3(CCC(O)(C(C)C)CC3)C2=O)cc1)C(F)(F)F. The van der Waals surface area contributed by atoms with E-state index in [1.54, 1.807) is 17.0 Å². The molecule has 0 bridgehead atoms. The lowest BCUT2D eigenvalue weighted by Crippen LogP contribution is -2.46. The predicted octanol–water partition coefficient (Wildman–Crippen LogP) is 4.62. The summed E-state index contributed by atoms with van der Waals surface area (Å²) < 4.78 is 43.6. The number of rotatable bonds is 4. The number of carbonyl (C=O) groups excluding carboxylic acids is 1. The van der Waals surface area contributed by atoms with Gasteiger partial charge in [-0.1, -0.05) is 26.0 Å². The third kappa shape index (κ3) is 3.66. The summed E-state index contributed by atoms with van der Waals surface area (Å²) in [5, 5.41) is 10.7. The van der Waals surface area contributed by atoms with Gasteiger partial charge >= 0.3 is 6.18 Å². The average molecular weight is 399 g/mol. The summed E-state index contributed by atoms with van der Waals surface area (Å²) in [6.45, 7) is 4.54. The second kappa shape index (κ2) is 7.34. The Hall–Kier alpha value is -1.60. The summed E-state index contributed by atoms with van der Waals surface area (Å²) in [6, 6.07) is 5.84. The van der Waals surface area contributed by atoms with Gasteiger partial charge in [-0.2, -0.15) is 13.2 Å². The summed E-state index contributed by atoms with van der Waals surface area (Å²) in [5.41, 5.74) is -0.555. The number of amides is 1. The maximum absolute atomic E-state index is 13.1. The summed E-state index contributed by atoms with van der Waals surface area (Å²) in [4.78, 5) is 14.8. The Labute approximate surface area is 163 Å². The van der Waals surface area contributed by atoms with Crippen LogP contribution in [0.15, 0.2) is 24.3 Å². The number of nitrogens with zero attached hydrogens (tertiary/aromatic N) is 1. The van der Waals surface area contributed by atoms with Gasteiger partial charge in [-0.15, -0.1) is 0 Å². The van der Waals surface area contributed by atoms with E-state index in [1.807, 2.05) is 13.8 Å². The quantitative estimate of drug-likeness (QED) is 0.804. The molecule has 1 aliphatic carbocycles. The molecule has 1 atom stereocenters. The van der Waals surface area contributed by atoms with Gasteiger partial charge in [0.2, 0.25) is 5.91 Å². The van der Waals surface area contributed by atoms with Gasteiger partial charge in [0.05, 0.1) is 11.0 Å². The van der Waals surface area contributed by atoms with Gasteiger partial charge < -0.3 is 14.7 Å². The van der Waals surface area contributed by atoms with Crippen molar-refractivity contribution in [3.05, 3.63) is 29.8 Å². The topological polar surface area (TPSA) is 49.8 Å². The first-order valence-electron chi connectivity index (χ1n) is 9.76. The Morgan fingerprint density at radius 2 is 1.64 bits per heavy atom. The standard InChI is InChI=1S/C21H28F3NO3/c1-14(2)20(27)10-8-19(9-11-20)12-13-25(18(19)26)16-6-4-15(5-7-16)17(28-3)21(22,23)24/h4-7,14,17,27H,8-13H2,1-3H3/t17-,19?,20?/m1/s1. The summed E-state index contributed by atoms with van der Waals surface area (Å²) in [7, 11) is 1.03. The highest BCUT2D eigenvalue weighted by atomic mass is 19.4. The summed E-state index contributed by atoms with van der Waals surface area (Å²) >= 11 is 0. The van der Waals surface area contributed by atoms with Crippen molar-refractivity contribution in [1.82, 2.24) is 0 Å². The molecule has 1 aromatic rings. The third-order valence-electron chi connectivity index (χ3n) is 6.70. The second-order valence-electron chi connectivity index (χ2n) is 8.49. The lowest BCUT2D eigenvalue weighted by molar-refractivity contribution is -0.215. The molecule has 3 rings (SSSR count). The van der Waals surface area contributed by atoms with Crippen LogP contribution in [0.2, 0.25) is 0 Å². The molecule has 1 saturated carbocycles. The van der Waals surface area contributed by atoms with E-state index in [4.69, 9.17) is 0 Å². The van der Waals surface area contributed by atoms with Crippen molar-refractivity contribution >= 4 is 11.6 Å². The lowest BCUT2D eigenvalue weighted by Gasteiger charge is -2.43. The average Bonchev–Trinajstić information content (AvgIpc) is 2.94. The van der Waals surface area contributed by atoms with Crippen molar-refractivity contribution < 1.29 is 27.8 Å². The second-order valence-corrected chi connectivity index (χ2v) is 8.49. The third-order valence-corrected chi connectivity index (χ3v) is 6.70. The van der Waals surface area contributed by atoms with Gasteiger partial charge in [0.25, 0.3) is 0 Å². The number of halogens is 3. The first-order valence-corrected chi connectivity index (χ1v) is 9.76. The maximum atomic E-state index is 13.1. The van der Waals surface area contributed by atoms with Gasteiger partial charge in [-0.25, -0.2) is 0 Å². The van der Waals surface area contributed by atoms with Crippen LogP contribution in [-0.4, -0.2) is 36.4 Å². The van der Waals surface area contributed by atoms with E-state index in [9.17, 15) is 23.1 Å². The van der Waals surface area contributed by atoms with Crippen LogP contribution < -0.4 is 4.90 Å². The zero-order valence-corrected chi connectivity index (χ0v) is 16.6. The predicted molar refractivity (Wildman–Crippen MR) is 99.9 cm³/mol. The molecule has 7 heteroatoms. The zero-order valence-electron chi connectivity index (χ0n) is 16.6. The minimum Gasteiger partial charge on any atom is -0.390 e. The molecule has 2 fully saturated rings. The smallest absolute Gasteiger partial charge is 0.390 e. The molecule has 1 saturated heterocycles. The maximum Gasteiger partial charge on any atom is 0.418 e. The minimum absolute atomic E-state index is 0.0137. The monoisotopic (exact) mass is 399 g/mol. The molecule has 2 aliphatic rings. The van der Waals surface area contributed by atoms with Crippen molar-refractivity contribution in [1.29, 1.82) is 0 Å². The highest BCUT2D eigenvalue weighted by Crippen LogP contribution is 2.50. The van der Waals surface area contributed by atoms with Gasteiger partial charge in [0.15, 0.2) is 6.10 Å². The molecular weight excluding hydrogens is 371 g/mol. The van der Waals surface area contributed by atoms with Crippen molar-refractivity contribution in [2.24, 2.45) is 11.3 Å². The molecule has 1 heterocycles. The normalized spacial score (nSPS) is 29.7. The van der Waals surface area contributed by atoms with Crippen molar-refractivity contribution in [3.8, 4) is 0 Å². The molecule has 156 valence electrons. The molecule has 28 heavy (non-hydrogen) atoms. The molecule has 0 unspecified atom stereocenters. The van der Waals surface area contributed by atoms with Crippen LogP contribution in [0, 0.1) is 11.3 Å². The van der Waals surface area contributed by atoms with Crippen LogP contribution in [0.1, 0.15) is 57.6 Å². The number of anilines is 1. The number of benzene rings is 1. The highest BCUT2D eigenvalue weighted by molar-refractivity contribution is 6.00. The Bertz CT molecular complexity index is 707. The Kier molecular flexibility index (Phi) is 5.53. The van der Waals surface area contributed by atoms with E-state index in [2.05, 4.69) is 4.74 Å². The van der Waals surface area contributed by atoms with Crippen LogP contribution in [0.5, 0.6) is 0 Å². The van der Waals surface area contributed by atoms with Gasteiger partial charge in [0, 0.05) is 19.3 Å². The number of carbonyl (C=O) groups is 1. The van der Waals surface area contributed by atoms with Crippen LogP contribution >= 0.6 is 0 Å². The fourth-order valence-corrected chi connectivity index (χ4v) is 4.56. The molecular formula is C21H28F3NO3. The molecule has 1 aromatic carbocycles. The largest absolute Gasteiger partial charge is 0.418 e. The van der Waals surface area contributed by atoms with Crippen LogP contribution in [-0.2, 0) is 9.53 Å². The molecule has 4 nitrogen and oxygen atoms in total. The molecule has 1 N–H and O–H groups in total. The zero-order chi connectivity index (χ0) is 20.7. The Balaban J connectivity index is 1.74. The molecule has 0 aromatic heterocycles. The minimum atomic E-state index is -4.49. The summed E-state index contributed by atoms with van der Waals surface area (Å²) in [6.07, 6.45) is -3.25. The van der Waals surface area contributed by atoms with Crippen LogP contribution in [0.4, 0.5) is 18.9 Å². The molecule has 1 aliphatic heterocycles. The van der Waals surface area contributed by atoms with Crippen molar-refractivity contribution in [2.45, 2.75) is 63.8 Å². The van der Waals surface area contributed by atoms with E-state index >= 15 is 0 Å². The van der Waals surface area contributed by atoms with E-state index < -0.39 is 23.3 Å². The van der Waals surface area contributed by atoms with E-state index in [0.717, 1.165) is 7.11 Å². The lowest BCUT2D eigenvalue weighted by atomic mass is 9.65. The van der Waals surface area contributed by atoms with Gasteiger partial charge in [-0.05, 0) is 55.7 Å².